The Morgan fingerprint density at radius 1 is 1.16 bits per heavy atom. The van der Waals surface area contributed by atoms with E-state index in [1.165, 1.54) is 44.9 Å². The van der Waals surface area contributed by atoms with E-state index >= 15 is 0 Å². The first-order valence-electron chi connectivity index (χ1n) is 7.64. The number of hydrogen-bond acceptors (Lipinski definition) is 3. The number of anilines is 1. The maximum absolute atomic E-state index is 5.82. The molecule has 1 aromatic heterocycles. The fourth-order valence-corrected chi connectivity index (χ4v) is 2.64. The Morgan fingerprint density at radius 2 is 1.84 bits per heavy atom. The minimum Gasteiger partial charge on any atom is -0.487 e. The van der Waals surface area contributed by atoms with Gasteiger partial charge in [-0.3, -0.25) is 0 Å². The standard InChI is InChI=1S/C16H26N2O/c1-13(2)19-15-11-8-12-17-16(15)18-14-9-6-4-3-5-7-10-14/h8,11-14H,3-7,9-10H2,1-2H3,(H,17,18). The number of rotatable bonds is 4. The van der Waals surface area contributed by atoms with Gasteiger partial charge in [0, 0.05) is 12.2 Å². The Bertz CT molecular complexity index is 371. The van der Waals surface area contributed by atoms with Gasteiger partial charge in [-0.1, -0.05) is 32.1 Å². The smallest absolute Gasteiger partial charge is 0.168 e. The maximum Gasteiger partial charge on any atom is 0.168 e. The average Bonchev–Trinajstić information content (AvgIpc) is 2.34. The van der Waals surface area contributed by atoms with E-state index in [2.05, 4.69) is 10.3 Å². The van der Waals surface area contributed by atoms with Crippen LogP contribution in [0.4, 0.5) is 5.82 Å². The Hall–Kier alpha value is -1.25. The molecule has 0 saturated heterocycles. The van der Waals surface area contributed by atoms with E-state index in [9.17, 15) is 0 Å². The molecule has 0 amide bonds. The molecule has 0 aromatic carbocycles. The van der Waals surface area contributed by atoms with Crippen LogP contribution in [0.3, 0.4) is 0 Å². The van der Waals surface area contributed by atoms with Crippen LogP contribution in [-0.4, -0.2) is 17.1 Å². The highest BCUT2D eigenvalue weighted by Crippen LogP contribution is 2.26. The van der Waals surface area contributed by atoms with E-state index in [1.54, 1.807) is 0 Å². The summed E-state index contributed by atoms with van der Waals surface area (Å²) in [7, 11) is 0. The summed E-state index contributed by atoms with van der Waals surface area (Å²) in [6, 6.07) is 4.48. The Kier molecular flexibility index (Phi) is 5.49. The Labute approximate surface area is 116 Å². The minimum absolute atomic E-state index is 0.182. The molecule has 1 fully saturated rings. The van der Waals surface area contributed by atoms with Crippen LogP contribution in [0, 0.1) is 0 Å². The molecule has 3 heteroatoms. The first-order valence-corrected chi connectivity index (χ1v) is 7.64. The molecule has 1 aliphatic carbocycles. The summed E-state index contributed by atoms with van der Waals surface area (Å²) in [5, 5.41) is 3.59. The van der Waals surface area contributed by atoms with Crippen molar-refractivity contribution in [1.82, 2.24) is 4.98 Å². The highest BCUT2D eigenvalue weighted by molar-refractivity contribution is 5.50. The van der Waals surface area contributed by atoms with E-state index in [4.69, 9.17) is 4.74 Å². The Balaban J connectivity index is 2.00. The lowest BCUT2D eigenvalue weighted by molar-refractivity contribution is 0.242. The highest BCUT2D eigenvalue weighted by atomic mass is 16.5. The molecule has 1 heterocycles. The molecule has 0 aliphatic heterocycles. The van der Waals surface area contributed by atoms with Crippen molar-refractivity contribution in [2.45, 2.75) is 70.9 Å². The molecule has 2 rings (SSSR count). The van der Waals surface area contributed by atoms with Crippen LogP contribution < -0.4 is 10.1 Å². The van der Waals surface area contributed by atoms with Crippen molar-refractivity contribution in [3.05, 3.63) is 18.3 Å². The third kappa shape index (κ3) is 4.73. The van der Waals surface area contributed by atoms with Crippen LogP contribution in [0.1, 0.15) is 58.8 Å². The van der Waals surface area contributed by atoms with Gasteiger partial charge in [-0.25, -0.2) is 4.98 Å². The van der Waals surface area contributed by atoms with Crippen molar-refractivity contribution >= 4 is 5.82 Å². The van der Waals surface area contributed by atoms with E-state index < -0.39 is 0 Å². The van der Waals surface area contributed by atoms with Crippen LogP contribution in [0.2, 0.25) is 0 Å². The van der Waals surface area contributed by atoms with Crippen molar-refractivity contribution < 1.29 is 4.74 Å². The summed E-state index contributed by atoms with van der Waals surface area (Å²) in [4.78, 5) is 4.44. The third-order valence-electron chi connectivity index (χ3n) is 3.58. The van der Waals surface area contributed by atoms with Gasteiger partial charge in [0.25, 0.3) is 0 Å². The molecule has 1 aromatic rings. The molecule has 3 nitrogen and oxygen atoms in total. The molecule has 1 N–H and O–H groups in total. The zero-order valence-corrected chi connectivity index (χ0v) is 12.2. The van der Waals surface area contributed by atoms with Gasteiger partial charge in [0.05, 0.1) is 6.10 Å². The maximum atomic E-state index is 5.82. The summed E-state index contributed by atoms with van der Waals surface area (Å²) in [5.74, 6) is 1.78. The Morgan fingerprint density at radius 3 is 2.53 bits per heavy atom. The zero-order valence-electron chi connectivity index (χ0n) is 12.2. The number of nitrogens with zero attached hydrogens (tertiary/aromatic N) is 1. The molecular formula is C16H26N2O. The fourth-order valence-electron chi connectivity index (χ4n) is 2.64. The first kappa shape index (κ1) is 14.2. The topological polar surface area (TPSA) is 34.1 Å². The highest BCUT2D eigenvalue weighted by Gasteiger charge is 2.14. The number of hydrogen-bond donors (Lipinski definition) is 1. The van der Waals surface area contributed by atoms with Crippen LogP contribution in [0.15, 0.2) is 18.3 Å². The van der Waals surface area contributed by atoms with Crippen molar-refractivity contribution in [2.75, 3.05) is 5.32 Å². The predicted octanol–water partition coefficient (Wildman–Crippen LogP) is 4.39. The molecule has 0 radical (unpaired) electrons. The molecule has 0 spiro atoms. The van der Waals surface area contributed by atoms with Gasteiger partial charge in [-0.15, -0.1) is 0 Å². The monoisotopic (exact) mass is 262 g/mol. The van der Waals surface area contributed by atoms with Gasteiger partial charge in [0.1, 0.15) is 0 Å². The molecule has 0 bridgehead atoms. The first-order chi connectivity index (χ1) is 9.25. The van der Waals surface area contributed by atoms with E-state index in [-0.39, 0.29) is 6.10 Å². The zero-order chi connectivity index (χ0) is 13.5. The van der Waals surface area contributed by atoms with E-state index in [0.717, 1.165) is 11.6 Å². The molecular weight excluding hydrogens is 236 g/mol. The van der Waals surface area contributed by atoms with Crippen LogP contribution in [-0.2, 0) is 0 Å². The summed E-state index contributed by atoms with van der Waals surface area (Å²) in [5.41, 5.74) is 0. The lowest BCUT2D eigenvalue weighted by Gasteiger charge is -2.23. The predicted molar refractivity (Wildman–Crippen MR) is 79.7 cm³/mol. The van der Waals surface area contributed by atoms with Crippen LogP contribution in [0.25, 0.3) is 0 Å². The van der Waals surface area contributed by atoms with Crippen molar-refractivity contribution in [3.63, 3.8) is 0 Å². The summed E-state index contributed by atoms with van der Waals surface area (Å²) in [6.45, 7) is 4.10. The number of ether oxygens (including phenoxy) is 1. The van der Waals surface area contributed by atoms with Gasteiger partial charge in [0.2, 0.25) is 0 Å². The molecule has 106 valence electrons. The SMILES string of the molecule is CC(C)Oc1cccnc1NC1CCCCCCC1. The number of pyridine rings is 1. The van der Waals surface area contributed by atoms with Gasteiger partial charge in [-0.05, 0) is 38.8 Å². The summed E-state index contributed by atoms with van der Waals surface area (Å²) < 4.78 is 5.82. The second-order valence-corrected chi connectivity index (χ2v) is 5.70. The van der Waals surface area contributed by atoms with Crippen LogP contribution in [0.5, 0.6) is 5.75 Å². The van der Waals surface area contributed by atoms with E-state index in [1.807, 2.05) is 32.2 Å². The number of aromatic nitrogens is 1. The second kappa shape index (κ2) is 7.37. The minimum atomic E-state index is 0.182. The average molecular weight is 262 g/mol. The molecule has 19 heavy (non-hydrogen) atoms. The molecule has 1 aliphatic rings. The summed E-state index contributed by atoms with van der Waals surface area (Å²) in [6.07, 6.45) is 11.3. The second-order valence-electron chi connectivity index (χ2n) is 5.70. The largest absolute Gasteiger partial charge is 0.487 e. The van der Waals surface area contributed by atoms with Crippen molar-refractivity contribution in [3.8, 4) is 5.75 Å². The third-order valence-corrected chi connectivity index (χ3v) is 3.58. The van der Waals surface area contributed by atoms with Gasteiger partial charge >= 0.3 is 0 Å². The van der Waals surface area contributed by atoms with Gasteiger partial charge in [0.15, 0.2) is 11.6 Å². The lowest BCUT2D eigenvalue weighted by Crippen LogP contribution is -2.22. The molecule has 1 saturated carbocycles. The number of nitrogens with one attached hydrogen (secondary N) is 1. The van der Waals surface area contributed by atoms with Gasteiger partial charge in [-0.2, -0.15) is 0 Å². The molecule has 0 unspecified atom stereocenters. The lowest BCUT2D eigenvalue weighted by atomic mass is 9.97. The summed E-state index contributed by atoms with van der Waals surface area (Å²) >= 11 is 0. The van der Waals surface area contributed by atoms with Crippen LogP contribution >= 0.6 is 0 Å². The fraction of sp³-hybridized carbons (Fsp3) is 0.688. The quantitative estimate of drug-likeness (QED) is 0.873. The van der Waals surface area contributed by atoms with Gasteiger partial charge < -0.3 is 10.1 Å². The van der Waals surface area contributed by atoms with Crippen molar-refractivity contribution in [2.24, 2.45) is 0 Å². The molecule has 0 atom stereocenters. The van der Waals surface area contributed by atoms with E-state index in [0.29, 0.717) is 6.04 Å². The van der Waals surface area contributed by atoms with Crippen molar-refractivity contribution in [1.29, 1.82) is 0 Å². The normalized spacial score (nSPS) is 17.8.